The zero-order valence-electron chi connectivity index (χ0n) is 22.4. The number of sulfonamides is 1. The van der Waals surface area contributed by atoms with Gasteiger partial charge in [0, 0.05) is 17.6 Å². The van der Waals surface area contributed by atoms with E-state index in [9.17, 15) is 18.0 Å². The van der Waals surface area contributed by atoms with Crippen LogP contribution in [-0.2, 0) is 26.2 Å². The summed E-state index contributed by atoms with van der Waals surface area (Å²) in [6, 6.07) is 19.0. The molecule has 3 aromatic carbocycles. The molecule has 2 atom stereocenters. The molecule has 2 unspecified atom stereocenters. The SMILES string of the molecule is CCC(C)NC(=O)C(C)N(Cc1ccccc1)C(=O)CN(c1cc(Cl)ccc1Cl)S(=O)(=O)c1ccc(C)cc1. The quantitative estimate of drug-likeness (QED) is 0.305. The summed E-state index contributed by atoms with van der Waals surface area (Å²) in [6.07, 6.45) is 0.723. The van der Waals surface area contributed by atoms with E-state index in [2.05, 4.69) is 5.32 Å². The molecule has 0 aliphatic rings. The minimum Gasteiger partial charge on any atom is -0.352 e. The summed E-state index contributed by atoms with van der Waals surface area (Å²) < 4.78 is 28.7. The van der Waals surface area contributed by atoms with Crippen LogP contribution in [0, 0.1) is 6.92 Å². The first-order valence-corrected chi connectivity index (χ1v) is 14.8. The molecular formula is C29H33Cl2N3O4S. The molecule has 10 heteroatoms. The summed E-state index contributed by atoms with van der Waals surface area (Å²) in [7, 11) is -4.24. The fourth-order valence-corrected chi connectivity index (χ4v) is 5.72. The maximum absolute atomic E-state index is 13.9. The van der Waals surface area contributed by atoms with Gasteiger partial charge in [-0.25, -0.2) is 8.42 Å². The van der Waals surface area contributed by atoms with Crippen LogP contribution in [0.1, 0.15) is 38.3 Å². The summed E-state index contributed by atoms with van der Waals surface area (Å²) in [6.45, 7) is 6.82. The summed E-state index contributed by atoms with van der Waals surface area (Å²) in [5.74, 6) is -0.903. The van der Waals surface area contributed by atoms with Gasteiger partial charge in [0.2, 0.25) is 11.8 Å². The summed E-state index contributed by atoms with van der Waals surface area (Å²) in [5.41, 5.74) is 1.74. The highest BCUT2D eigenvalue weighted by molar-refractivity contribution is 7.92. The van der Waals surface area contributed by atoms with Crippen molar-refractivity contribution in [3.05, 3.63) is 94.0 Å². The van der Waals surface area contributed by atoms with Crippen LogP contribution in [0.15, 0.2) is 77.7 Å². The van der Waals surface area contributed by atoms with Crippen molar-refractivity contribution < 1.29 is 18.0 Å². The topological polar surface area (TPSA) is 86.8 Å². The van der Waals surface area contributed by atoms with E-state index in [1.54, 1.807) is 19.1 Å². The Morgan fingerprint density at radius 2 is 1.59 bits per heavy atom. The van der Waals surface area contributed by atoms with Crippen LogP contribution in [0.5, 0.6) is 0 Å². The first kappa shape index (κ1) is 30.5. The lowest BCUT2D eigenvalue weighted by atomic mass is 10.1. The van der Waals surface area contributed by atoms with Gasteiger partial charge >= 0.3 is 0 Å². The number of anilines is 1. The maximum Gasteiger partial charge on any atom is 0.264 e. The number of benzene rings is 3. The van der Waals surface area contributed by atoms with Crippen LogP contribution in [0.25, 0.3) is 0 Å². The van der Waals surface area contributed by atoms with Gasteiger partial charge in [0.05, 0.1) is 15.6 Å². The number of carbonyl (C=O) groups is 2. The molecule has 0 bridgehead atoms. The van der Waals surface area contributed by atoms with Gasteiger partial charge in [-0.3, -0.25) is 13.9 Å². The van der Waals surface area contributed by atoms with Crippen LogP contribution >= 0.6 is 23.2 Å². The minimum absolute atomic E-state index is 0.00545. The van der Waals surface area contributed by atoms with Crippen molar-refractivity contribution in [3.8, 4) is 0 Å². The minimum atomic E-state index is -4.24. The number of hydrogen-bond donors (Lipinski definition) is 1. The fraction of sp³-hybridized carbons (Fsp3) is 0.310. The predicted octanol–water partition coefficient (Wildman–Crippen LogP) is 5.83. The Bertz CT molecular complexity index is 1400. The van der Waals surface area contributed by atoms with Crippen molar-refractivity contribution in [3.63, 3.8) is 0 Å². The van der Waals surface area contributed by atoms with Crippen molar-refractivity contribution in [2.24, 2.45) is 0 Å². The molecule has 0 aromatic heterocycles. The molecule has 0 radical (unpaired) electrons. The molecule has 208 valence electrons. The van der Waals surface area contributed by atoms with Gasteiger partial charge in [-0.05, 0) is 63.1 Å². The van der Waals surface area contributed by atoms with E-state index in [0.717, 1.165) is 21.9 Å². The number of hydrogen-bond acceptors (Lipinski definition) is 4. The zero-order valence-corrected chi connectivity index (χ0v) is 24.7. The smallest absolute Gasteiger partial charge is 0.264 e. The maximum atomic E-state index is 13.9. The fourth-order valence-electron chi connectivity index (χ4n) is 3.86. The lowest BCUT2D eigenvalue weighted by Gasteiger charge is -2.32. The first-order chi connectivity index (χ1) is 18.4. The van der Waals surface area contributed by atoms with Gasteiger partial charge in [-0.1, -0.05) is 78.2 Å². The number of nitrogens with one attached hydrogen (secondary N) is 1. The number of rotatable bonds is 11. The third-order valence-corrected chi connectivity index (χ3v) is 8.76. The Kier molecular flexibility index (Phi) is 10.4. The van der Waals surface area contributed by atoms with Crippen molar-refractivity contribution in [1.82, 2.24) is 10.2 Å². The average molecular weight is 591 g/mol. The van der Waals surface area contributed by atoms with E-state index in [1.807, 2.05) is 51.1 Å². The second-order valence-electron chi connectivity index (χ2n) is 9.42. The molecule has 0 spiro atoms. The number of aryl methyl sites for hydroxylation is 1. The molecule has 0 fully saturated rings. The second-order valence-corrected chi connectivity index (χ2v) is 12.1. The normalized spacial score (nSPS) is 12.9. The van der Waals surface area contributed by atoms with E-state index in [4.69, 9.17) is 23.2 Å². The molecule has 0 aliphatic heterocycles. The van der Waals surface area contributed by atoms with E-state index in [-0.39, 0.29) is 39.1 Å². The monoisotopic (exact) mass is 589 g/mol. The average Bonchev–Trinajstić information content (AvgIpc) is 2.91. The summed E-state index contributed by atoms with van der Waals surface area (Å²) in [5, 5.41) is 3.28. The number of halogens is 2. The van der Waals surface area contributed by atoms with Crippen LogP contribution in [-0.4, -0.2) is 43.8 Å². The Morgan fingerprint density at radius 1 is 0.949 bits per heavy atom. The molecule has 3 rings (SSSR count). The highest BCUT2D eigenvalue weighted by atomic mass is 35.5. The molecular weight excluding hydrogens is 557 g/mol. The van der Waals surface area contributed by atoms with E-state index >= 15 is 0 Å². The molecule has 0 aliphatic carbocycles. The van der Waals surface area contributed by atoms with Crippen LogP contribution < -0.4 is 9.62 Å². The Labute approximate surface area is 240 Å². The second kappa shape index (κ2) is 13.3. The van der Waals surface area contributed by atoms with Crippen LogP contribution in [0.4, 0.5) is 5.69 Å². The Hall–Kier alpha value is -3.07. The van der Waals surface area contributed by atoms with Crippen molar-refractivity contribution in [2.75, 3.05) is 10.8 Å². The van der Waals surface area contributed by atoms with Crippen LogP contribution in [0.2, 0.25) is 10.0 Å². The van der Waals surface area contributed by atoms with Gasteiger partial charge in [-0.2, -0.15) is 0 Å². The lowest BCUT2D eigenvalue weighted by molar-refractivity contribution is -0.139. The largest absolute Gasteiger partial charge is 0.352 e. The van der Waals surface area contributed by atoms with Gasteiger partial charge in [0.25, 0.3) is 10.0 Å². The highest BCUT2D eigenvalue weighted by Crippen LogP contribution is 2.33. The van der Waals surface area contributed by atoms with Gasteiger partial charge in [0.1, 0.15) is 12.6 Å². The summed E-state index contributed by atoms with van der Waals surface area (Å²) in [4.78, 5) is 28.4. The molecule has 0 saturated carbocycles. The third kappa shape index (κ3) is 7.75. The number of carbonyl (C=O) groups excluding carboxylic acids is 2. The number of nitrogens with zero attached hydrogens (tertiary/aromatic N) is 2. The van der Waals surface area contributed by atoms with E-state index in [1.165, 1.54) is 35.2 Å². The number of amides is 2. The third-order valence-electron chi connectivity index (χ3n) is 6.43. The predicted molar refractivity (Wildman–Crippen MR) is 157 cm³/mol. The molecule has 0 heterocycles. The molecule has 1 N–H and O–H groups in total. The standard InChI is InChI=1S/C29H33Cl2N3O4S/c1-5-21(3)32-29(36)22(4)33(18-23-9-7-6-8-10-23)28(35)19-34(27-17-24(30)13-16-26(27)31)39(37,38)25-14-11-20(2)12-15-25/h6-17,21-22H,5,18-19H2,1-4H3,(H,32,36). The van der Waals surface area contributed by atoms with E-state index in [0.29, 0.717) is 0 Å². The van der Waals surface area contributed by atoms with Crippen LogP contribution in [0.3, 0.4) is 0 Å². The Balaban J connectivity index is 2.05. The van der Waals surface area contributed by atoms with Crippen molar-refractivity contribution >= 4 is 50.7 Å². The molecule has 0 saturated heterocycles. The van der Waals surface area contributed by atoms with Gasteiger partial charge in [0.15, 0.2) is 0 Å². The summed E-state index contributed by atoms with van der Waals surface area (Å²) >= 11 is 12.6. The highest BCUT2D eigenvalue weighted by Gasteiger charge is 2.33. The van der Waals surface area contributed by atoms with Gasteiger partial charge < -0.3 is 10.2 Å². The molecule has 2 amide bonds. The van der Waals surface area contributed by atoms with Gasteiger partial charge in [-0.15, -0.1) is 0 Å². The van der Waals surface area contributed by atoms with E-state index < -0.39 is 28.5 Å². The molecule has 39 heavy (non-hydrogen) atoms. The first-order valence-electron chi connectivity index (χ1n) is 12.6. The van der Waals surface area contributed by atoms with Crippen molar-refractivity contribution in [1.29, 1.82) is 0 Å². The molecule has 3 aromatic rings. The molecule has 7 nitrogen and oxygen atoms in total. The van der Waals surface area contributed by atoms with Crippen molar-refractivity contribution in [2.45, 2.75) is 57.6 Å². The lowest BCUT2D eigenvalue weighted by Crippen LogP contribution is -2.52. The Morgan fingerprint density at radius 3 is 2.21 bits per heavy atom. The zero-order chi connectivity index (χ0) is 28.7.